The van der Waals surface area contributed by atoms with E-state index in [1.165, 1.54) is 5.56 Å². The maximum absolute atomic E-state index is 11.0. The van der Waals surface area contributed by atoms with Gasteiger partial charge in [-0.05, 0) is 23.1 Å². The van der Waals surface area contributed by atoms with Gasteiger partial charge in [0.2, 0.25) is 0 Å². The maximum atomic E-state index is 11.0. The summed E-state index contributed by atoms with van der Waals surface area (Å²) in [6.07, 6.45) is 1.81. The van der Waals surface area contributed by atoms with Crippen LogP contribution in [0.1, 0.15) is 22.8 Å². The van der Waals surface area contributed by atoms with Crippen LogP contribution >= 0.6 is 0 Å². The minimum absolute atomic E-state index is 0.795. The SMILES string of the molecule is CCc1c(C=O)cccc1-c1ccccc1. The molecule has 2 aromatic rings. The highest BCUT2D eigenvalue weighted by Crippen LogP contribution is 2.25. The molecule has 0 saturated carbocycles. The quantitative estimate of drug-likeness (QED) is 0.705. The lowest BCUT2D eigenvalue weighted by molar-refractivity contribution is 0.112. The number of hydrogen-bond donors (Lipinski definition) is 0. The smallest absolute Gasteiger partial charge is 0.150 e. The molecular formula is C15H14O. The summed E-state index contributed by atoms with van der Waals surface area (Å²) in [5, 5.41) is 0. The Morgan fingerprint density at radius 1 is 1.00 bits per heavy atom. The molecule has 0 N–H and O–H groups in total. The van der Waals surface area contributed by atoms with Crippen molar-refractivity contribution in [3.05, 3.63) is 59.7 Å². The number of carbonyl (C=O) groups is 1. The summed E-state index contributed by atoms with van der Waals surface area (Å²) in [7, 11) is 0. The van der Waals surface area contributed by atoms with Crippen LogP contribution in [0.5, 0.6) is 0 Å². The molecule has 0 amide bonds. The first-order valence-corrected chi connectivity index (χ1v) is 5.49. The molecule has 0 aliphatic carbocycles. The Morgan fingerprint density at radius 2 is 1.75 bits per heavy atom. The van der Waals surface area contributed by atoms with Gasteiger partial charge in [-0.25, -0.2) is 0 Å². The van der Waals surface area contributed by atoms with Crippen molar-refractivity contribution in [3.8, 4) is 11.1 Å². The van der Waals surface area contributed by atoms with Crippen LogP contribution in [-0.4, -0.2) is 6.29 Å². The molecule has 2 rings (SSSR count). The molecule has 0 saturated heterocycles. The van der Waals surface area contributed by atoms with Crippen molar-refractivity contribution in [2.24, 2.45) is 0 Å². The molecule has 0 spiro atoms. The number of rotatable bonds is 3. The van der Waals surface area contributed by atoms with E-state index in [2.05, 4.69) is 25.1 Å². The molecular weight excluding hydrogens is 196 g/mol. The second kappa shape index (κ2) is 4.75. The van der Waals surface area contributed by atoms with Crippen LogP contribution in [0.4, 0.5) is 0 Å². The summed E-state index contributed by atoms with van der Waals surface area (Å²) >= 11 is 0. The Labute approximate surface area is 95.7 Å². The first kappa shape index (κ1) is 10.6. The lowest BCUT2D eigenvalue weighted by Gasteiger charge is -2.10. The fraction of sp³-hybridized carbons (Fsp3) is 0.133. The minimum Gasteiger partial charge on any atom is -0.298 e. The maximum Gasteiger partial charge on any atom is 0.150 e. The highest BCUT2D eigenvalue weighted by Gasteiger charge is 2.07. The molecule has 16 heavy (non-hydrogen) atoms. The van der Waals surface area contributed by atoms with Gasteiger partial charge in [0.15, 0.2) is 0 Å². The molecule has 1 heteroatoms. The molecule has 0 fully saturated rings. The summed E-state index contributed by atoms with van der Waals surface area (Å²) < 4.78 is 0. The van der Waals surface area contributed by atoms with Crippen molar-refractivity contribution in [1.29, 1.82) is 0 Å². The predicted molar refractivity (Wildman–Crippen MR) is 66.6 cm³/mol. The number of benzene rings is 2. The third kappa shape index (κ3) is 1.89. The van der Waals surface area contributed by atoms with Gasteiger partial charge in [-0.15, -0.1) is 0 Å². The van der Waals surface area contributed by atoms with E-state index in [1.807, 2.05) is 30.3 Å². The van der Waals surface area contributed by atoms with Crippen molar-refractivity contribution in [1.82, 2.24) is 0 Å². The topological polar surface area (TPSA) is 17.1 Å². The van der Waals surface area contributed by atoms with Gasteiger partial charge < -0.3 is 0 Å². The number of hydrogen-bond acceptors (Lipinski definition) is 1. The van der Waals surface area contributed by atoms with Gasteiger partial charge in [0.05, 0.1) is 0 Å². The number of aldehydes is 1. The molecule has 1 nitrogen and oxygen atoms in total. The summed E-state index contributed by atoms with van der Waals surface area (Å²) in [5.41, 5.74) is 4.25. The second-order valence-corrected chi connectivity index (χ2v) is 3.71. The summed E-state index contributed by atoms with van der Waals surface area (Å²) in [4.78, 5) is 11.0. The Morgan fingerprint density at radius 3 is 2.38 bits per heavy atom. The average Bonchev–Trinajstić information content (AvgIpc) is 2.38. The zero-order chi connectivity index (χ0) is 11.4. The van der Waals surface area contributed by atoms with Gasteiger partial charge >= 0.3 is 0 Å². The van der Waals surface area contributed by atoms with Gasteiger partial charge in [-0.3, -0.25) is 4.79 Å². The van der Waals surface area contributed by atoms with Crippen molar-refractivity contribution in [3.63, 3.8) is 0 Å². The van der Waals surface area contributed by atoms with Crippen molar-refractivity contribution in [2.75, 3.05) is 0 Å². The molecule has 80 valence electrons. The Balaban J connectivity index is 2.61. The van der Waals surface area contributed by atoms with E-state index >= 15 is 0 Å². The van der Waals surface area contributed by atoms with Gasteiger partial charge in [0, 0.05) is 5.56 Å². The molecule has 0 aliphatic rings. The van der Waals surface area contributed by atoms with Crippen molar-refractivity contribution in [2.45, 2.75) is 13.3 Å². The fourth-order valence-corrected chi connectivity index (χ4v) is 2.00. The molecule has 0 unspecified atom stereocenters. The lowest BCUT2D eigenvalue weighted by atomic mass is 9.94. The van der Waals surface area contributed by atoms with Gasteiger partial charge in [0.1, 0.15) is 6.29 Å². The van der Waals surface area contributed by atoms with Crippen LogP contribution in [0.25, 0.3) is 11.1 Å². The highest BCUT2D eigenvalue weighted by molar-refractivity contribution is 5.83. The Bertz CT molecular complexity index is 486. The van der Waals surface area contributed by atoms with E-state index in [4.69, 9.17) is 0 Å². The highest BCUT2D eigenvalue weighted by atomic mass is 16.1. The average molecular weight is 210 g/mol. The monoisotopic (exact) mass is 210 g/mol. The van der Waals surface area contributed by atoms with E-state index in [1.54, 1.807) is 0 Å². The normalized spacial score (nSPS) is 10.1. The Kier molecular flexibility index (Phi) is 3.16. The van der Waals surface area contributed by atoms with E-state index < -0.39 is 0 Å². The van der Waals surface area contributed by atoms with Crippen molar-refractivity contribution < 1.29 is 4.79 Å². The Hall–Kier alpha value is -1.89. The third-order valence-electron chi connectivity index (χ3n) is 2.78. The van der Waals surface area contributed by atoms with Crippen LogP contribution in [-0.2, 0) is 6.42 Å². The van der Waals surface area contributed by atoms with Crippen molar-refractivity contribution >= 4 is 6.29 Å². The molecule has 0 aliphatic heterocycles. The van der Waals surface area contributed by atoms with Gasteiger partial charge in [-0.1, -0.05) is 55.5 Å². The number of carbonyl (C=O) groups excluding carboxylic acids is 1. The summed E-state index contributed by atoms with van der Waals surface area (Å²) in [6.45, 7) is 2.08. The molecule has 2 aromatic carbocycles. The van der Waals surface area contributed by atoms with Gasteiger partial charge in [-0.2, -0.15) is 0 Å². The minimum atomic E-state index is 0.795. The summed E-state index contributed by atoms with van der Waals surface area (Å²) in [5.74, 6) is 0. The molecule has 0 heterocycles. The standard InChI is InChI=1S/C15H14O/c1-2-14-13(11-16)9-6-10-15(14)12-7-4-3-5-8-12/h3-11H,2H2,1H3. The van der Waals surface area contributed by atoms with Crippen LogP contribution < -0.4 is 0 Å². The largest absolute Gasteiger partial charge is 0.298 e. The predicted octanol–water partition coefficient (Wildman–Crippen LogP) is 3.73. The first-order chi connectivity index (χ1) is 7.86. The fourth-order valence-electron chi connectivity index (χ4n) is 2.00. The van der Waals surface area contributed by atoms with E-state index in [9.17, 15) is 4.79 Å². The zero-order valence-corrected chi connectivity index (χ0v) is 9.31. The van der Waals surface area contributed by atoms with Crippen LogP contribution in [0, 0.1) is 0 Å². The van der Waals surface area contributed by atoms with Crippen LogP contribution in [0.2, 0.25) is 0 Å². The van der Waals surface area contributed by atoms with Gasteiger partial charge in [0.25, 0.3) is 0 Å². The van der Waals surface area contributed by atoms with E-state index in [0.29, 0.717) is 0 Å². The van der Waals surface area contributed by atoms with E-state index in [-0.39, 0.29) is 0 Å². The van der Waals surface area contributed by atoms with Crippen LogP contribution in [0.15, 0.2) is 48.5 Å². The van der Waals surface area contributed by atoms with Crippen LogP contribution in [0.3, 0.4) is 0 Å². The molecule has 0 aromatic heterocycles. The third-order valence-corrected chi connectivity index (χ3v) is 2.78. The molecule has 0 bridgehead atoms. The summed E-state index contributed by atoms with van der Waals surface area (Å²) in [6, 6.07) is 16.1. The molecule has 0 atom stereocenters. The second-order valence-electron chi connectivity index (χ2n) is 3.71. The lowest BCUT2D eigenvalue weighted by Crippen LogP contribution is -1.94. The first-order valence-electron chi connectivity index (χ1n) is 5.49. The van der Waals surface area contributed by atoms with E-state index in [0.717, 1.165) is 29.4 Å². The zero-order valence-electron chi connectivity index (χ0n) is 9.31. The molecule has 0 radical (unpaired) electrons.